The Labute approximate surface area is 150 Å². The van der Waals surface area contributed by atoms with Crippen LogP contribution in [0.1, 0.15) is 41.9 Å². The molecule has 0 N–H and O–H groups in total. The number of fused-ring (bicyclic) bond motifs is 1. The van der Waals surface area contributed by atoms with E-state index in [4.69, 9.17) is 4.74 Å². The molecule has 1 aliphatic carbocycles. The molecule has 0 saturated heterocycles. The minimum Gasteiger partial charge on any atom is -0.497 e. The van der Waals surface area contributed by atoms with Crippen LogP contribution in [-0.4, -0.2) is 30.3 Å². The molecule has 0 unspecified atom stereocenters. The number of rotatable bonds is 4. The normalized spacial score (nSPS) is 15.2. The SMILES string of the molecule is CCN(C(C)=O)c1nc(C=C2CCc3cc(OC)ccc3C2=O)cs1. The minimum atomic E-state index is -0.0346. The number of ether oxygens (including phenoxy) is 1. The third-order valence-corrected chi connectivity index (χ3v) is 5.15. The Morgan fingerprint density at radius 3 is 2.88 bits per heavy atom. The summed E-state index contributed by atoms with van der Waals surface area (Å²) in [5.74, 6) is 0.775. The van der Waals surface area contributed by atoms with E-state index in [0.717, 1.165) is 34.6 Å². The summed E-state index contributed by atoms with van der Waals surface area (Å²) < 4.78 is 5.23. The molecule has 0 aliphatic heterocycles. The number of aryl methyl sites for hydroxylation is 1. The maximum atomic E-state index is 12.7. The number of Topliss-reactive ketones (excluding diaryl/α,β-unsaturated/α-hetero) is 1. The first-order chi connectivity index (χ1) is 12.0. The zero-order valence-electron chi connectivity index (χ0n) is 14.5. The van der Waals surface area contributed by atoms with Gasteiger partial charge in [0.25, 0.3) is 0 Å². The van der Waals surface area contributed by atoms with Gasteiger partial charge in [-0.2, -0.15) is 0 Å². The number of carbonyl (C=O) groups is 2. The molecular formula is C19H20N2O3S. The van der Waals surface area contributed by atoms with Crippen LogP contribution in [-0.2, 0) is 11.2 Å². The van der Waals surface area contributed by atoms with E-state index < -0.39 is 0 Å². The van der Waals surface area contributed by atoms with E-state index in [0.29, 0.717) is 18.1 Å². The molecule has 0 radical (unpaired) electrons. The molecule has 1 heterocycles. The summed E-state index contributed by atoms with van der Waals surface area (Å²) in [5, 5.41) is 2.54. The quantitative estimate of drug-likeness (QED) is 0.783. The number of carbonyl (C=O) groups excluding carboxylic acids is 2. The second-order valence-corrected chi connectivity index (χ2v) is 6.68. The van der Waals surface area contributed by atoms with E-state index in [1.807, 2.05) is 36.6 Å². The van der Waals surface area contributed by atoms with Gasteiger partial charge in [-0.1, -0.05) is 0 Å². The fraction of sp³-hybridized carbons (Fsp3) is 0.316. The van der Waals surface area contributed by atoms with E-state index in [-0.39, 0.29) is 11.7 Å². The largest absolute Gasteiger partial charge is 0.497 e. The molecule has 3 rings (SSSR count). The number of nitrogens with zero attached hydrogens (tertiary/aromatic N) is 2. The monoisotopic (exact) mass is 356 g/mol. The highest BCUT2D eigenvalue weighted by Crippen LogP contribution is 2.30. The van der Waals surface area contributed by atoms with Crippen molar-refractivity contribution in [3.8, 4) is 5.75 Å². The van der Waals surface area contributed by atoms with Crippen molar-refractivity contribution in [2.24, 2.45) is 0 Å². The zero-order chi connectivity index (χ0) is 18.0. The summed E-state index contributed by atoms with van der Waals surface area (Å²) in [6.07, 6.45) is 3.31. The van der Waals surface area contributed by atoms with E-state index >= 15 is 0 Å². The van der Waals surface area contributed by atoms with Crippen molar-refractivity contribution in [3.05, 3.63) is 46.0 Å². The zero-order valence-corrected chi connectivity index (χ0v) is 15.4. The Hall–Kier alpha value is -2.47. The Kier molecular flexibility index (Phi) is 4.99. The summed E-state index contributed by atoms with van der Waals surface area (Å²) in [6, 6.07) is 5.56. The van der Waals surface area contributed by atoms with Crippen molar-refractivity contribution in [2.75, 3.05) is 18.6 Å². The van der Waals surface area contributed by atoms with Crippen LogP contribution in [0.4, 0.5) is 5.13 Å². The van der Waals surface area contributed by atoms with Gasteiger partial charge in [0.15, 0.2) is 10.9 Å². The van der Waals surface area contributed by atoms with E-state index in [2.05, 4.69) is 4.98 Å². The highest BCUT2D eigenvalue weighted by atomic mass is 32.1. The average molecular weight is 356 g/mol. The molecule has 130 valence electrons. The molecule has 0 spiro atoms. The van der Waals surface area contributed by atoms with Gasteiger partial charge in [-0.25, -0.2) is 4.98 Å². The van der Waals surface area contributed by atoms with Crippen LogP contribution in [0.25, 0.3) is 6.08 Å². The summed E-state index contributed by atoms with van der Waals surface area (Å²) in [5.41, 5.74) is 3.22. The molecule has 1 amide bonds. The summed E-state index contributed by atoms with van der Waals surface area (Å²) in [7, 11) is 1.62. The van der Waals surface area contributed by atoms with Crippen LogP contribution in [0, 0.1) is 0 Å². The number of amides is 1. The first-order valence-corrected chi connectivity index (χ1v) is 9.07. The van der Waals surface area contributed by atoms with Gasteiger partial charge in [-0.15, -0.1) is 11.3 Å². The van der Waals surface area contributed by atoms with Crippen LogP contribution in [0.15, 0.2) is 29.2 Å². The van der Waals surface area contributed by atoms with Gasteiger partial charge in [0.1, 0.15) is 5.75 Å². The molecule has 2 aromatic rings. The van der Waals surface area contributed by atoms with Crippen molar-refractivity contribution >= 4 is 34.2 Å². The number of ketones is 1. The lowest BCUT2D eigenvalue weighted by atomic mass is 9.86. The fourth-order valence-electron chi connectivity index (χ4n) is 2.96. The molecule has 1 aliphatic rings. The van der Waals surface area contributed by atoms with Crippen LogP contribution in [0.5, 0.6) is 5.75 Å². The second-order valence-electron chi connectivity index (χ2n) is 5.84. The van der Waals surface area contributed by atoms with Crippen LogP contribution < -0.4 is 9.64 Å². The Bertz CT molecular complexity index is 854. The van der Waals surface area contributed by atoms with Gasteiger partial charge >= 0.3 is 0 Å². The third kappa shape index (κ3) is 3.49. The Morgan fingerprint density at radius 1 is 1.40 bits per heavy atom. The van der Waals surface area contributed by atoms with Gasteiger partial charge in [-0.3, -0.25) is 14.5 Å². The van der Waals surface area contributed by atoms with Gasteiger partial charge in [-0.05, 0) is 49.6 Å². The Balaban J connectivity index is 1.86. The molecule has 25 heavy (non-hydrogen) atoms. The lowest BCUT2D eigenvalue weighted by Crippen LogP contribution is -2.27. The number of methoxy groups -OCH3 is 1. The lowest BCUT2D eigenvalue weighted by molar-refractivity contribution is -0.116. The number of hydrogen-bond donors (Lipinski definition) is 0. The second kappa shape index (κ2) is 7.19. The van der Waals surface area contributed by atoms with E-state index in [9.17, 15) is 9.59 Å². The number of aromatic nitrogens is 1. The van der Waals surface area contributed by atoms with Gasteiger partial charge in [0.2, 0.25) is 5.91 Å². The molecule has 0 atom stereocenters. The number of thiazole rings is 1. The predicted octanol–water partition coefficient (Wildman–Crippen LogP) is 3.74. The first kappa shape index (κ1) is 17.4. The standard InChI is InChI=1S/C19H20N2O3S/c1-4-21(12(2)22)19-20-15(11-25-19)9-14-6-5-13-10-16(24-3)7-8-17(13)18(14)23/h7-11H,4-6H2,1-3H3. The topological polar surface area (TPSA) is 59.5 Å². The smallest absolute Gasteiger partial charge is 0.225 e. The van der Waals surface area contributed by atoms with Gasteiger partial charge in [0.05, 0.1) is 12.8 Å². The minimum absolute atomic E-state index is 0.0346. The maximum absolute atomic E-state index is 12.7. The molecule has 5 nitrogen and oxygen atoms in total. The predicted molar refractivity (Wildman–Crippen MR) is 99.4 cm³/mol. The average Bonchev–Trinajstić information content (AvgIpc) is 3.05. The number of anilines is 1. The van der Waals surface area contributed by atoms with Crippen molar-refractivity contribution in [1.82, 2.24) is 4.98 Å². The van der Waals surface area contributed by atoms with Crippen molar-refractivity contribution in [2.45, 2.75) is 26.7 Å². The molecule has 6 heteroatoms. The van der Waals surface area contributed by atoms with Gasteiger partial charge < -0.3 is 4.74 Å². The van der Waals surface area contributed by atoms with Crippen LogP contribution in [0.2, 0.25) is 0 Å². The first-order valence-electron chi connectivity index (χ1n) is 8.19. The maximum Gasteiger partial charge on any atom is 0.225 e. The highest BCUT2D eigenvalue weighted by Gasteiger charge is 2.23. The lowest BCUT2D eigenvalue weighted by Gasteiger charge is -2.18. The summed E-state index contributed by atoms with van der Waals surface area (Å²) >= 11 is 1.41. The number of allylic oxidation sites excluding steroid dienone is 1. The van der Waals surface area contributed by atoms with Crippen LogP contribution >= 0.6 is 11.3 Å². The molecule has 1 aromatic carbocycles. The molecule has 0 fully saturated rings. The molecular weight excluding hydrogens is 336 g/mol. The van der Waals surface area contributed by atoms with Crippen molar-refractivity contribution in [3.63, 3.8) is 0 Å². The van der Waals surface area contributed by atoms with E-state index in [1.54, 1.807) is 12.0 Å². The Morgan fingerprint density at radius 2 is 2.20 bits per heavy atom. The van der Waals surface area contributed by atoms with Crippen molar-refractivity contribution < 1.29 is 14.3 Å². The number of hydrogen-bond acceptors (Lipinski definition) is 5. The fourth-order valence-corrected chi connectivity index (χ4v) is 3.85. The van der Waals surface area contributed by atoms with Crippen LogP contribution in [0.3, 0.4) is 0 Å². The third-order valence-electron chi connectivity index (χ3n) is 4.27. The molecule has 0 bridgehead atoms. The molecule has 0 saturated carbocycles. The van der Waals surface area contributed by atoms with Gasteiger partial charge in [0, 0.05) is 30.0 Å². The van der Waals surface area contributed by atoms with Crippen molar-refractivity contribution in [1.29, 1.82) is 0 Å². The number of benzene rings is 1. The summed E-state index contributed by atoms with van der Waals surface area (Å²) in [4.78, 5) is 30.5. The molecule has 1 aromatic heterocycles. The summed E-state index contributed by atoms with van der Waals surface area (Å²) in [6.45, 7) is 4.02. The highest BCUT2D eigenvalue weighted by molar-refractivity contribution is 7.14. The van der Waals surface area contributed by atoms with E-state index in [1.165, 1.54) is 18.3 Å².